The second-order valence-electron chi connectivity index (χ2n) is 4.83. The van der Waals surface area contributed by atoms with E-state index in [1.54, 1.807) is 7.05 Å². The van der Waals surface area contributed by atoms with E-state index in [4.69, 9.17) is 5.73 Å². The maximum Gasteiger partial charge on any atom is 0.230 e. The zero-order valence-electron chi connectivity index (χ0n) is 12.0. The van der Waals surface area contributed by atoms with Crippen LogP contribution in [0.4, 0.5) is 0 Å². The van der Waals surface area contributed by atoms with Gasteiger partial charge in [-0.25, -0.2) is 0 Å². The second-order valence-corrected chi connectivity index (χ2v) is 5.77. The van der Waals surface area contributed by atoms with Crippen molar-refractivity contribution in [2.24, 2.45) is 11.7 Å². The van der Waals surface area contributed by atoms with Crippen LogP contribution in [0.2, 0.25) is 0 Å². The quantitative estimate of drug-likeness (QED) is 0.667. The van der Waals surface area contributed by atoms with Gasteiger partial charge in [-0.05, 0) is 5.92 Å². The fourth-order valence-electron chi connectivity index (χ4n) is 1.60. The molecule has 0 fully saturated rings. The number of nitrogens with two attached hydrogens (primary N) is 1. The molecule has 1 heterocycles. The van der Waals surface area contributed by atoms with Gasteiger partial charge in [0.25, 0.3) is 0 Å². The molecular formula is C12H21N5O2S. The third-order valence-electron chi connectivity index (χ3n) is 2.55. The van der Waals surface area contributed by atoms with Crippen LogP contribution in [0.15, 0.2) is 5.16 Å². The molecule has 0 radical (unpaired) electrons. The summed E-state index contributed by atoms with van der Waals surface area (Å²) in [6.45, 7) is 4.92. The van der Waals surface area contributed by atoms with Crippen LogP contribution >= 0.6 is 11.8 Å². The summed E-state index contributed by atoms with van der Waals surface area (Å²) in [7, 11) is 1.60. The van der Waals surface area contributed by atoms with Crippen LogP contribution < -0.4 is 11.1 Å². The number of primary amides is 1. The van der Waals surface area contributed by atoms with E-state index in [9.17, 15) is 9.59 Å². The number of amides is 2. The SMILES string of the molecule is CNC(=O)CSc1nnc(CCC(N)=O)n1CC(C)C. The minimum absolute atomic E-state index is 0.0622. The molecule has 3 N–H and O–H groups in total. The zero-order chi connectivity index (χ0) is 15.1. The van der Waals surface area contributed by atoms with Crippen molar-refractivity contribution in [3.05, 3.63) is 5.82 Å². The number of rotatable bonds is 8. The molecule has 0 atom stereocenters. The van der Waals surface area contributed by atoms with Crippen molar-refractivity contribution in [1.82, 2.24) is 20.1 Å². The molecule has 0 unspecified atom stereocenters. The average molecular weight is 299 g/mol. The summed E-state index contributed by atoms with van der Waals surface area (Å²) in [5.41, 5.74) is 5.16. The maximum atomic E-state index is 11.3. The highest BCUT2D eigenvalue weighted by Gasteiger charge is 2.15. The van der Waals surface area contributed by atoms with Crippen LogP contribution in [-0.4, -0.2) is 39.4 Å². The van der Waals surface area contributed by atoms with Crippen LogP contribution in [-0.2, 0) is 22.6 Å². The molecule has 112 valence electrons. The highest BCUT2D eigenvalue weighted by molar-refractivity contribution is 7.99. The number of nitrogens with one attached hydrogen (secondary N) is 1. The first-order chi connectivity index (χ1) is 9.43. The summed E-state index contributed by atoms with van der Waals surface area (Å²) in [6.07, 6.45) is 0.714. The van der Waals surface area contributed by atoms with Crippen molar-refractivity contribution in [2.75, 3.05) is 12.8 Å². The molecule has 0 spiro atoms. The summed E-state index contributed by atoms with van der Waals surface area (Å²) in [5.74, 6) is 1.02. The predicted molar refractivity (Wildman–Crippen MR) is 77.2 cm³/mol. The molecule has 1 aromatic rings. The number of carbonyl (C=O) groups excluding carboxylic acids is 2. The maximum absolute atomic E-state index is 11.3. The molecule has 0 aromatic carbocycles. The van der Waals surface area contributed by atoms with Gasteiger partial charge in [0.15, 0.2) is 5.16 Å². The summed E-state index contributed by atoms with van der Waals surface area (Å²) < 4.78 is 1.96. The van der Waals surface area contributed by atoms with Crippen LogP contribution in [0.25, 0.3) is 0 Å². The minimum atomic E-state index is -0.358. The van der Waals surface area contributed by atoms with E-state index in [-0.39, 0.29) is 18.2 Å². The van der Waals surface area contributed by atoms with Gasteiger partial charge in [0.1, 0.15) is 5.82 Å². The monoisotopic (exact) mass is 299 g/mol. The lowest BCUT2D eigenvalue weighted by Crippen LogP contribution is -2.20. The number of carbonyl (C=O) groups is 2. The number of nitrogens with zero attached hydrogens (tertiary/aromatic N) is 3. The predicted octanol–water partition coefficient (Wildman–Crippen LogP) is 0.190. The zero-order valence-corrected chi connectivity index (χ0v) is 12.9. The molecule has 8 heteroatoms. The lowest BCUT2D eigenvalue weighted by atomic mass is 10.2. The molecule has 1 aromatic heterocycles. The van der Waals surface area contributed by atoms with Gasteiger partial charge >= 0.3 is 0 Å². The molecule has 0 saturated carbocycles. The third-order valence-corrected chi connectivity index (χ3v) is 3.51. The number of thioether (sulfide) groups is 1. The van der Waals surface area contributed by atoms with Gasteiger partial charge in [0.05, 0.1) is 5.75 Å². The van der Waals surface area contributed by atoms with E-state index >= 15 is 0 Å². The molecular weight excluding hydrogens is 278 g/mol. The molecule has 1 rings (SSSR count). The number of aromatic nitrogens is 3. The molecule has 0 aliphatic heterocycles. The Morgan fingerprint density at radius 3 is 2.65 bits per heavy atom. The van der Waals surface area contributed by atoms with Gasteiger partial charge in [-0.1, -0.05) is 25.6 Å². The van der Waals surface area contributed by atoms with Crippen molar-refractivity contribution >= 4 is 23.6 Å². The summed E-state index contributed by atoms with van der Waals surface area (Å²) in [4.78, 5) is 22.2. The number of aryl methyl sites for hydroxylation is 1. The van der Waals surface area contributed by atoms with Crippen LogP contribution in [0.1, 0.15) is 26.1 Å². The first-order valence-electron chi connectivity index (χ1n) is 6.47. The number of hydrogen-bond donors (Lipinski definition) is 2. The standard InChI is InChI=1S/C12H21N5O2S/c1-8(2)6-17-10(5-4-9(13)18)15-16-12(17)20-7-11(19)14-3/h8H,4-7H2,1-3H3,(H2,13,18)(H,14,19). The van der Waals surface area contributed by atoms with Crippen LogP contribution in [0.3, 0.4) is 0 Å². The molecule has 0 saturated heterocycles. The van der Waals surface area contributed by atoms with E-state index in [1.807, 2.05) is 4.57 Å². The highest BCUT2D eigenvalue weighted by Crippen LogP contribution is 2.19. The van der Waals surface area contributed by atoms with Crippen LogP contribution in [0.5, 0.6) is 0 Å². The molecule has 20 heavy (non-hydrogen) atoms. The van der Waals surface area contributed by atoms with Gasteiger partial charge < -0.3 is 15.6 Å². The topological polar surface area (TPSA) is 103 Å². The normalized spacial score (nSPS) is 10.8. The molecule has 0 aliphatic carbocycles. The third kappa shape index (κ3) is 5.20. The van der Waals surface area contributed by atoms with E-state index in [0.717, 1.165) is 12.4 Å². The Bertz CT molecular complexity index is 472. The Kier molecular flexibility index (Phi) is 6.50. The smallest absolute Gasteiger partial charge is 0.230 e. The molecule has 0 aliphatic rings. The molecule has 0 bridgehead atoms. The summed E-state index contributed by atoms with van der Waals surface area (Å²) in [5, 5.41) is 11.5. The first-order valence-corrected chi connectivity index (χ1v) is 7.46. The Labute approximate surface area is 122 Å². The van der Waals surface area contributed by atoms with E-state index in [1.165, 1.54) is 11.8 Å². The lowest BCUT2D eigenvalue weighted by Gasteiger charge is -2.11. The minimum Gasteiger partial charge on any atom is -0.370 e. The fourth-order valence-corrected chi connectivity index (χ4v) is 2.44. The van der Waals surface area contributed by atoms with Crippen LogP contribution in [0, 0.1) is 5.92 Å². The summed E-state index contributed by atoms with van der Waals surface area (Å²) in [6, 6.07) is 0. The van der Waals surface area contributed by atoms with Gasteiger partial charge in [-0.3, -0.25) is 9.59 Å². The van der Waals surface area contributed by atoms with E-state index in [2.05, 4.69) is 29.4 Å². The van der Waals surface area contributed by atoms with Gasteiger partial charge in [0, 0.05) is 26.4 Å². The Balaban J connectivity index is 2.81. The van der Waals surface area contributed by atoms with Crippen molar-refractivity contribution in [3.63, 3.8) is 0 Å². The summed E-state index contributed by atoms with van der Waals surface area (Å²) >= 11 is 1.34. The average Bonchev–Trinajstić information content (AvgIpc) is 2.75. The first kappa shape index (κ1) is 16.5. The molecule has 7 nitrogen and oxygen atoms in total. The Morgan fingerprint density at radius 2 is 2.10 bits per heavy atom. The largest absolute Gasteiger partial charge is 0.370 e. The van der Waals surface area contributed by atoms with E-state index < -0.39 is 0 Å². The van der Waals surface area contributed by atoms with Gasteiger partial charge in [-0.2, -0.15) is 0 Å². The lowest BCUT2D eigenvalue weighted by molar-refractivity contribution is -0.118. The Hall–Kier alpha value is -1.57. The number of hydrogen-bond acceptors (Lipinski definition) is 5. The van der Waals surface area contributed by atoms with Crippen molar-refractivity contribution in [1.29, 1.82) is 0 Å². The molecule has 2 amide bonds. The van der Waals surface area contributed by atoms with Gasteiger partial charge in [0.2, 0.25) is 11.8 Å². The van der Waals surface area contributed by atoms with Crippen molar-refractivity contribution in [3.8, 4) is 0 Å². The van der Waals surface area contributed by atoms with E-state index in [0.29, 0.717) is 23.2 Å². The second kappa shape index (κ2) is 7.88. The Morgan fingerprint density at radius 1 is 1.40 bits per heavy atom. The van der Waals surface area contributed by atoms with Gasteiger partial charge in [-0.15, -0.1) is 10.2 Å². The fraction of sp³-hybridized carbons (Fsp3) is 0.667. The van der Waals surface area contributed by atoms with Crippen molar-refractivity contribution < 1.29 is 9.59 Å². The highest BCUT2D eigenvalue weighted by atomic mass is 32.2. The van der Waals surface area contributed by atoms with Crippen molar-refractivity contribution in [2.45, 2.75) is 38.4 Å².